The summed E-state index contributed by atoms with van der Waals surface area (Å²) in [5, 5.41) is 18.3. The Bertz CT molecular complexity index is 1080. The van der Waals surface area contributed by atoms with Gasteiger partial charge in [0.15, 0.2) is 0 Å². The van der Waals surface area contributed by atoms with E-state index in [1.54, 1.807) is 0 Å². The van der Waals surface area contributed by atoms with Gasteiger partial charge >= 0.3 is 13.8 Å². The molecule has 3 atom stereocenters. The highest BCUT2D eigenvalue weighted by atomic mass is 31.2. The van der Waals surface area contributed by atoms with Gasteiger partial charge in [-0.05, 0) is 64.2 Å². The molecule has 0 aromatic heterocycles. The number of carbonyl (C=O) groups excluding carboxylic acids is 1. The van der Waals surface area contributed by atoms with Gasteiger partial charge in [-0.25, -0.2) is 4.57 Å². The molecular weight excluding hydrogens is 715 g/mol. The summed E-state index contributed by atoms with van der Waals surface area (Å²) in [5.41, 5.74) is 0. The van der Waals surface area contributed by atoms with E-state index in [2.05, 4.69) is 86.8 Å². The van der Waals surface area contributed by atoms with E-state index in [-0.39, 0.29) is 19.6 Å². The Kier molecular flexibility index (Phi) is 39.9. The fourth-order valence-electron chi connectivity index (χ4n) is 5.42. The molecule has 0 bridgehead atoms. The molecule has 0 aliphatic rings. The number of aliphatic hydroxyl groups excluding tert-OH is 2. The van der Waals surface area contributed by atoms with Crippen molar-refractivity contribution in [1.29, 1.82) is 0 Å². The number of allylic oxidation sites excluding steroid dienone is 12. The minimum Gasteiger partial charge on any atom is -0.457 e. The molecule has 0 fully saturated rings. The largest absolute Gasteiger partial charge is 0.472 e. The van der Waals surface area contributed by atoms with Crippen molar-refractivity contribution in [1.82, 2.24) is 0 Å². The molecule has 0 saturated heterocycles. The van der Waals surface area contributed by atoms with Crippen LogP contribution in [0.3, 0.4) is 0 Å². The average molecular weight is 795 g/mol. The molecule has 3 N–H and O–H groups in total. The van der Waals surface area contributed by atoms with E-state index in [9.17, 15) is 19.4 Å². The lowest BCUT2D eigenvalue weighted by atomic mass is 10.1. The Hall–Kier alpha value is -2.10. The summed E-state index contributed by atoms with van der Waals surface area (Å²) in [4.78, 5) is 22.5. The third-order valence-corrected chi connectivity index (χ3v) is 9.61. The minimum absolute atomic E-state index is 0.0364. The number of esters is 1. The number of hydrogen-bond donors (Lipinski definition) is 3. The van der Waals surface area contributed by atoms with E-state index in [1.807, 2.05) is 0 Å². The van der Waals surface area contributed by atoms with Crippen LogP contribution in [-0.4, -0.2) is 66.3 Å². The number of rotatable bonds is 40. The first-order chi connectivity index (χ1) is 26.8. The Morgan fingerprint density at radius 3 is 1.56 bits per heavy atom. The molecular formula is C45H79O9P. The van der Waals surface area contributed by atoms with Crippen LogP contribution in [0.15, 0.2) is 72.9 Å². The van der Waals surface area contributed by atoms with Crippen molar-refractivity contribution < 1.29 is 43.0 Å². The normalized spacial score (nSPS) is 14.8. The van der Waals surface area contributed by atoms with E-state index in [1.165, 1.54) is 51.4 Å². The minimum atomic E-state index is -4.52. The van der Waals surface area contributed by atoms with Crippen molar-refractivity contribution in [2.45, 2.75) is 174 Å². The maximum Gasteiger partial charge on any atom is 0.472 e. The highest BCUT2D eigenvalue weighted by Crippen LogP contribution is 2.43. The molecule has 0 amide bonds. The number of carbonyl (C=O) groups is 1. The van der Waals surface area contributed by atoms with Gasteiger partial charge in [0.2, 0.25) is 0 Å². The smallest absolute Gasteiger partial charge is 0.457 e. The Labute approximate surface area is 335 Å². The molecule has 0 rings (SSSR count). The van der Waals surface area contributed by atoms with Gasteiger partial charge in [0.05, 0.1) is 26.4 Å². The Morgan fingerprint density at radius 2 is 1.04 bits per heavy atom. The van der Waals surface area contributed by atoms with E-state index < -0.39 is 39.2 Å². The Morgan fingerprint density at radius 1 is 0.582 bits per heavy atom. The fraction of sp³-hybridized carbons (Fsp3) is 0.711. The van der Waals surface area contributed by atoms with E-state index in [4.69, 9.17) is 23.6 Å². The highest BCUT2D eigenvalue weighted by molar-refractivity contribution is 7.47. The first-order valence-electron chi connectivity index (χ1n) is 21.4. The van der Waals surface area contributed by atoms with Crippen molar-refractivity contribution in [2.24, 2.45) is 0 Å². The summed E-state index contributed by atoms with van der Waals surface area (Å²) in [7, 11) is -4.52. The third-order valence-electron chi connectivity index (χ3n) is 8.66. The second-order valence-electron chi connectivity index (χ2n) is 14.0. The monoisotopic (exact) mass is 795 g/mol. The predicted molar refractivity (Wildman–Crippen MR) is 228 cm³/mol. The molecule has 318 valence electrons. The van der Waals surface area contributed by atoms with Crippen molar-refractivity contribution >= 4 is 13.8 Å². The zero-order chi connectivity index (χ0) is 40.3. The van der Waals surface area contributed by atoms with Gasteiger partial charge in [-0.3, -0.25) is 13.8 Å². The summed E-state index contributed by atoms with van der Waals surface area (Å²) in [6.07, 6.45) is 48.6. The maximum atomic E-state index is 12.6. The maximum absolute atomic E-state index is 12.6. The van der Waals surface area contributed by atoms with Crippen LogP contribution in [0.2, 0.25) is 0 Å². The molecule has 0 saturated carbocycles. The van der Waals surface area contributed by atoms with Crippen LogP contribution < -0.4 is 0 Å². The van der Waals surface area contributed by atoms with Gasteiger partial charge in [-0.15, -0.1) is 0 Å². The third kappa shape index (κ3) is 41.4. The molecule has 0 spiro atoms. The van der Waals surface area contributed by atoms with Crippen LogP contribution in [0.5, 0.6) is 0 Å². The summed E-state index contributed by atoms with van der Waals surface area (Å²) in [5.74, 6) is -0.409. The molecule has 55 heavy (non-hydrogen) atoms. The number of phosphoric ester groups is 1. The van der Waals surface area contributed by atoms with E-state index in [0.29, 0.717) is 13.0 Å². The molecule has 0 heterocycles. The SMILES string of the molecule is CC/C=C\C/C=C\C/C=C\C/C=C\C/C=C\C/C=C\CCCCCCC(=O)OC(COCCCCCCCCCCCCC)COP(=O)(O)OCC(O)CO. The topological polar surface area (TPSA) is 132 Å². The van der Waals surface area contributed by atoms with Gasteiger partial charge in [-0.1, -0.05) is 164 Å². The van der Waals surface area contributed by atoms with Crippen LogP contribution in [0, 0.1) is 0 Å². The number of aliphatic hydroxyl groups is 2. The van der Waals surface area contributed by atoms with Crippen LogP contribution >= 0.6 is 7.82 Å². The van der Waals surface area contributed by atoms with Crippen molar-refractivity contribution in [3.05, 3.63) is 72.9 Å². The lowest BCUT2D eigenvalue weighted by molar-refractivity contribution is -0.154. The quantitative estimate of drug-likeness (QED) is 0.0240. The standard InChI is InChI=1S/C45H79O9P/c1-3-5-7-9-11-13-15-16-17-18-19-20-21-22-23-24-25-26-27-29-31-33-35-37-45(48)54-44(42-53-55(49,50)52-40-43(47)39-46)41-51-38-36-34-32-30-28-14-12-10-8-6-4-2/h5,7,11,13,16-17,19-20,22-23,25-26,43-44,46-47H,3-4,6,8-10,12,14-15,18,21,24,27-42H2,1-2H3,(H,49,50)/b7-5-,13-11-,17-16-,20-19-,23-22-,26-25-. The van der Waals surface area contributed by atoms with Gasteiger partial charge in [0.25, 0.3) is 0 Å². The van der Waals surface area contributed by atoms with Crippen LogP contribution in [0.1, 0.15) is 162 Å². The van der Waals surface area contributed by atoms with Crippen LogP contribution in [0.4, 0.5) is 0 Å². The van der Waals surface area contributed by atoms with Gasteiger partial charge < -0.3 is 24.6 Å². The summed E-state index contributed by atoms with van der Waals surface area (Å²) in [6.45, 7) is 3.35. The zero-order valence-electron chi connectivity index (χ0n) is 34.6. The molecule has 0 aliphatic carbocycles. The van der Waals surface area contributed by atoms with E-state index in [0.717, 1.165) is 83.5 Å². The fourth-order valence-corrected chi connectivity index (χ4v) is 6.21. The second kappa shape index (κ2) is 41.5. The molecule has 0 aliphatic heterocycles. The first kappa shape index (κ1) is 52.9. The first-order valence-corrected chi connectivity index (χ1v) is 22.9. The lowest BCUT2D eigenvalue weighted by Gasteiger charge is -2.20. The highest BCUT2D eigenvalue weighted by Gasteiger charge is 2.26. The zero-order valence-corrected chi connectivity index (χ0v) is 35.5. The molecule has 0 aromatic carbocycles. The van der Waals surface area contributed by atoms with Crippen molar-refractivity contribution in [3.63, 3.8) is 0 Å². The van der Waals surface area contributed by atoms with Crippen LogP contribution in [-0.2, 0) is 27.9 Å². The number of hydrogen-bond acceptors (Lipinski definition) is 8. The predicted octanol–water partition coefficient (Wildman–Crippen LogP) is 11.8. The lowest BCUT2D eigenvalue weighted by Crippen LogP contribution is -2.29. The summed E-state index contributed by atoms with van der Waals surface area (Å²) < 4.78 is 33.3. The molecule has 10 heteroatoms. The molecule has 0 radical (unpaired) electrons. The van der Waals surface area contributed by atoms with Crippen molar-refractivity contribution in [2.75, 3.05) is 33.0 Å². The van der Waals surface area contributed by atoms with Crippen molar-refractivity contribution in [3.8, 4) is 0 Å². The van der Waals surface area contributed by atoms with Gasteiger partial charge in [-0.2, -0.15) is 0 Å². The molecule has 3 unspecified atom stereocenters. The van der Waals surface area contributed by atoms with Gasteiger partial charge in [0, 0.05) is 13.0 Å². The van der Waals surface area contributed by atoms with E-state index >= 15 is 0 Å². The summed E-state index contributed by atoms with van der Waals surface area (Å²) in [6, 6.07) is 0. The molecule has 9 nitrogen and oxygen atoms in total. The number of unbranched alkanes of at least 4 members (excludes halogenated alkanes) is 14. The number of ether oxygens (including phenoxy) is 2. The average Bonchev–Trinajstić information content (AvgIpc) is 3.18. The molecule has 0 aromatic rings. The number of phosphoric acid groups is 1. The summed E-state index contributed by atoms with van der Waals surface area (Å²) >= 11 is 0. The van der Waals surface area contributed by atoms with Crippen LogP contribution in [0.25, 0.3) is 0 Å². The van der Waals surface area contributed by atoms with Gasteiger partial charge in [0.1, 0.15) is 12.2 Å². The Balaban J connectivity index is 4.22. The second-order valence-corrected chi connectivity index (χ2v) is 15.4.